The van der Waals surface area contributed by atoms with Gasteiger partial charge in [0.2, 0.25) is 11.8 Å². The fourth-order valence-corrected chi connectivity index (χ4v) is 3.45. The molecule has 0 aromatic carbocycles. The first-order chi connectivity index (χ1) is 8.99. The van der Waals surface area contributed by atoms with E-state index in [2.05, 4.69) is 12.2 Å². The van der Waals surface area contributed by atoms with Crippen LogP contribution in [0.25, 0.3) is 0 Å². The van der Waals surface area contributed by atoms with E-state index in [9.17, 15) is 9.59 Å². The lowest BCUT2D eigenvalue weighted by atomic mass is 9.94. The number of thioether (sulfide) groups is 1. The van der Waals surface area contributed by atoms with Crippen LogP contribution in [0.3, 0.4) is 0 Å². The molecule has 2 fully saturated rings. The number of hydrogen-bond donors (Lipinski definition) is 1. The Balaban J connectivity index is 2.14. The molecule has 1 N–H and O–H groups in total. The predicted molar refractivity (Wildman–Crippen MR) is 78.1 cm³/mol. The van der Waals surface area contributed by atoms with Gasteiger partial charge in [0.05, 0.1) is 0 Å². The van der Waals surface area contributed by atoms with E-state index >= 15 is 0 Å². The Morgan fingerprint density at radius 1 is 1.42 bits per heavy atom. The van der Waals surface area contributed by atoms with Gasteiger partial charge in [-0.15, -0.1) is 0 Å². The van der Waals surface area contributed by atoms with E-state index in [4.69, 9.17) is 0 Å². The molecule has 1 aliphatic carbocycles. The average Bonchev–Trinajstić information content (AvgIpc) is 3.16. The quantitative estimate of drug-likeness (QED) is 0.781. The molecule has 0 aromatic rings. The minimum atomic E-state index is -0.668. The second-order valence-corrected chi connectivity index (χ2v) is 7.17. The van der Waals surface area contributed by atoms with Gasteiger partial charge in [0.1, 0.15) is 5.54 Å². The maximum Gasteiger partial charge on any atom is 0.248 e. The summed E-state index contributed by atoms with van der Waals surface area (Å²) in [4.78, 5) is 26.7. The first-order valence-corrected chi connectivity index (χ1v) is 8.34. The van der Waals surface area contributed by atoms with Crippen molar-refractivity contribution in [3.63, 3.8) is 0 Å². The number of nitrogens with one attached hydrogen (secondary N) is 1. The van der Waals surface area contributed by atoms with Crippen LogP contribution in [0.4, 0.5) is 0 Å². The van der Waals surface area contributed by atoms with E-state index in [0.717, 1.165) is 30.9 Å². The molecule has 2 amide bonds. The van der Waals surface area contributed by atoms with Crippen LogP contribution in [-0.2, 0) is 9.59 Å². The molecule has 2 atom stereocenters. The molecule has 2 rings (SSSR count). The van der Waals surface area contributed by atoms with Crippen LogP contribution in [0, 0.1) is 5.92 Å². The fourth-order valence-electron chi connectivity index (χ4n) is 2.84. The van der Waals surface area contributed by atoms with Gasteiger partial charge in [-0.3, -0.25) is 9.59 Å². The molecule has 0 spiro atoms. The molecule has 1 heterocycles. The van der Waals surface area contributed by atoms with Gasteiger partial charge < -0.3 is 10.2 Å². The SMILES string of the molecule is CCSCCN1C(=O)C(C)(C2CC2)NC(=O)CC1C. The third kappa shape index (κ3) is 3.07. The number of carbonyl (C=O) groups excluding carboxylic acids is 2. The number of carbonyl (C=O) groups is 2. The molecule has 2 unspecified atom stereocenters. The van der Waals surface area contributed by atoms with E-state index in [-0.39, 0.29) is 17.9 Å². The molecule has 108 valence electrons. The molecular formula is C14H24N2O2S. The smallest absolute Gasteiger partial charge is 0.248 e. The summed E-state index contributed by atoms with van der Waals surface area (Å²) in [6.07, 6.45) is 2.52. The van der Waals surface area contributed by atoms with Gasteiger partial charge in [0.15, 0.2) is 0 Å². The molecule has 5 heteroatoms. The van der Waals surface area contributed by atoms with E-state index in [1.165, 1.54) is 0 Å². The first-order valence-electron chi connectivity index (χ1n) is 7.19. The van der Waals surface area contributed by atoms with Gasteiger partial charge in [-0.2, -0.15) is 11.8 Å². The van der Waals surface area contributed by atoms with E-state index < -0.39 is 5.54 Å². The van der Waals surface area contributed by atoms with Crippen LogP contribution in [0.1, 0.15) is 40.0 Å². The molecule has 2 aliphatic rings. The lowest BCUT2D eigenvalue weighted by Gasteiger charge is -2.34. The van der Waals surface area contributed by atoms with Gasteiger partial charge in [0, 0.05) is 24.8 Å². The minimum absolute atomic E-state index is 0.00512. The van der Waals surface area contributed by atoms with Crippen molar-refractivity contribution < 1.29 is 9.59 Å². The van der Waals surface area contributed by atoms with Crippen molar-refractivity contribution in [2.24, 2.45) is 5.92 Å². The zero-order valence-corrected chi connectivity index (χ0v) is 12.9. The zero-order chi connectivity index (χ0) is 14.0. The normalized spacial score (nSPS) is 32.2. The molecule has 19 heavy (non-hydrogen) atoms. The molecule has 4 nitrogen and oxygen atoms in total. The van der Waals surface area contributed by atoms with Crippen LogP contribution < -0.4 is 5.32 Å². The Morgan fingerprint density at radius 3 is 2.68 bits per heavy atom. The van der Waals surface area contributed by atoms with E-state index in [0.29, 0.717) is 12.3 Å². The summed E-state index contributed by atoms with van der Waals surface area (Å²) in [5.41, 5.74) is -0.668. The summed E-state index contributed by atoms with van der Waals surface area (Å²) in [7, 11) is 0. The summed E-state index contributed by atoms with van der Waals surface area (Å²) in [5, 5.41) is 2.98. The standard InChI is InChI=1S/C14H24N2O2S/c1-4-19-8-7-16-10(2)9-12(17)15-14(3,13(16)18)11-5-6-11/h10-11H,4-9H2,1-3H3,(H,15,17). The van der Waals surface area contributed by atoms with Gasteiger partial charge in [-0.05, 0) is 38.4 Å². The number of hydrogen-bond acceptors (Lipinski definition) is 3. The van der Waals surface area contributed by atoms with Crippen molar-refractivity contribution in [2.45, 2.75) is 51.6 Å². The first kappa shape index (κ1) is 14.7. The Kier molecular flexibility index (Phi) is 4.43. The van der Waals surface area contributed by atoms with Crippen molar-refractivity contribution in [1.82, 2.24) is 10.2 Å². The Hall–Kier alpha value is -0.710. The summed E-state index contributed by atoms with van der Waals surface area (Å²) < 4.78 is 0. The predicted octanol–water partition coefficient (Wildman–Crippen LogP) is 1.65. The van der Waals surface area contributed by atoms with Crippen molar-refractivity contribution in [2.75, 3.05) is 18.1 Å². The highest BCUT2D eigenvalue weighted by atomic mass is 32.2. The van der Waals surface area contributed by atoms with Gasteiger partial charge in [-0.1, -0.05) is 6.92 Å². The molecule has 0 radical (unpaired) electrons. The average molecular weight is 284 g/mol. The summed E-state index contributed by atoms with van der Waals surface area (Å²) in [6.45, 7) is 6.75. The number of nitrogens with zero attached hydrogens (tertiary/aromatic N) is 1. The molecule has 0 aromatic heterocycles. The second-order valence-electron chi connectivity index (χ2n) is 5.77. The topological polar surface area (TPSA) is 49.4 Å². The third-order valence-corrected chi connectivity index (χ3v) is 5.07. The second kappa shape index (κ2) is 5.73. The minimum Gasteiger partial charge on any atom is -0.342 e. The van der Waals surface area contributed by atoms with Gasteiger partial charge in [-0.25, -0.2) is 0 Å². The Labute approximate surface area is 119 Å². The van der Waals surface area contributed by atoms with Crippen molar-refractivity contribution in [1.29, 1.82) is 0 Å². The highest BCUT2D eigenvalue weighted by Crippen LogP contribution is 2.41. The summed E-state index contributed by atoms with van der Waals surface area (Å²) in [6, 6.07) is 0.00512. The highest BCUT2D eigenvalue weighted by molar-refractivity contribution is 7.99. The maximum atomic E-state index is 12.8. The number of amides is 2. The zero-order valence-electron chi connectivity index (χ0n) is 12.1. The number of rotatable bonds is 5. The maximum absolute atomic E-state index is 12.8. The summed E-state index contributed by atoms with van der Waals surface area (Å²) >= 11 is 1.84. The Bertz CT molecular complexity index is 370. The molecule has 1 aliphatic heterocycles. The van der Waals surface area contributed by atoms with Gasteiger partial charge >= 0.3 is 0 Å². The third-order valence-electron chi connectivity index (χ3n) is 4.19. The van der Waals surface area contributed by atoms with E-state index in [1.807, 2.05) is 30.5 Å². The summed E-state index contributed by atoms with van der Waals surface area (Å²) in [5.74, 6) is 2.47. The highest BCUT2D eigenvalue weighted by Gasteiger charge is 2.52. The molecule has 1 saturated heterocycles. The van der Waals surface area contributed by atoms with Crippen molar-refractivity contribution in [3.8, 4) is 0 Å². The van der Waals surface area contributed by atoms with Crippen LogP contribution in [0.5, 0.6) is 0 Å². The van der Waals surface area contributed by atoms with Crippen molar-refractivity contribution in [3.05, 3.63) is 0 Å². The lowest BCUT2D eigenvalue weighted by molar-refractivity contribution is -0.140. The molecular weight excluding hydrogens is 260 g/mol. The lowest BCUT2D eigenvalue weighted by Crippen LogP contribution is -2.57. The van der Waals surface area contributed by atoms with Gasteiger partial charge in [0.25, 0.3) is 0 Å². The molecule has 0 bridgehead atoms. The largest absolute Gasteiger partial charge is 0.342 e. The fraction of sp³-hybridized carbons (Fsp3) is 0.857. The van der Waals surface area contributed by atoms with Crippen molar-refractivity contribution >= 4 is 23.6 Å². The monoisotopic (exact) mass is 284 g/mol. The van der Waals surface area contributed by atoms with Crippen LogP contribution in [-0.4, -0.2) is 46.3 Å². The van der Waals surface area contributed by atoms with Crippen LogP contribution >= 0.6 is 11.8 Å². The molecule has 1 saturated carbocycles. The van der Waals surface area contributed by atoms with E-state index in [1.54, 1.807) is 0 Å². The van der Waals surface area contributed by atoms with Crippen LogP contribution in [0.15, 0.2) is 0 Å². The Morgan fingerprint density at radius 2 is 2.11 bits per heavy atom. The van der Waals surface area contributed by atoms with Crippen LogP contribution in [0.2, 0.25) is 0 Å².